The molecule has 3 rings (SSSR count). The third-order valence-corrected chi connectivity index (χ3v) is 4.20. The molecule has 0 aliphatic carbocycles. The van der Waals surface area contributed by atoms with Crippen molar-refractivity contribution in [2.45, 2.75) is 45.8 Å². The van der Waals surface area contributed by atoms with Crippen LogP contribution < -0.4 is 4.90 Å². The number of nitrogens with zero attached hydrogens (tertiary/aromatic N) is 4. The average Bonchev–Trinajstić information content (AvgIpc) is 2.51. The van der Waals surface area contributed by atoms with Crippen LogP contribution in [0.2, 0.25) is 0 Å². The molecular formula is C19H24N4O3. The zero-order valence-corrected chi connectivity index (χ0v) is 15.8. The van der Waals surface area contributed by atoms with Gasteiger partial charge >= 0.3 is 0 Å². The maximum absolute atomic E-state index is 10.8. The summed E-state index contributed by atoms with van der Waals surface area (Å²) in [6.45, 7) is 11.7. The Bertz CT molecular complexity index is 815. The molecule has 2 heterocycles. The van der Waals surface area contributed by atoms with Gasteiger partial charge in [0.25, 0.3) is 5.69 Å². The second-order valence-corrected chi connectivity index (χ2v) is 7.97. The van der Waals surface area contributed by atoms with Gasteiger partial charge in [-0.05, 0) is 46.8 Å². The minimum atomic E-state index is -0.412. The normalized spacial score (nSPS) is 18.6. The third-order valence-electron chi connectivity index (χ3n) is 4.20. The Hall–Kier alpha value is -2.54. The number of benzene rings is 1. The number of anilines is 1. The maximum atomic E-state index is 10.8. The van der Waals surface area contributed by atoms with E-state index in [1.807, 2.05) is 13.0 Å². The van der Waals surface area contributed by atoms with Gasteiger partial charge in [0.05, 0.1) is 16.1 Å². The fourth-order valence-electron chi connectivity index (χ4n) is 3.52. The second-order valence-electron chi connectivity index (χ2n) is 7.97. The molecular weight excluding hydrogens is 332 g/mol. The van der Waals surface area contributed by atoms with Crippen molar-refractivity contribution >= 4 is 11.5 Å². The summed E-state index contributed by atoms with van der Waals surface area (Å²) < 4.78 is 6.14. The van der Waals surface area contributed by atoms with Crippen LogP contribution in [0.3, 0.4) is 0 Å². The predicted octanol–water partition coefficient (Wildman–Crippen LogP) is 3.75. The van der Waals surface area contributed by atoms with Gasteiger partial charge in [-0.1, -0.05) is 0 Å². The summed E-state index contributed by atoms with van der Waals surface area (Å²) in [6, 6.07) is 8.28. The van der Waals surface area contributed by atoms with Crippen molar-refractivity contribution in [2.75, 3.05) is 18.0 Å². The Balaban J connectivity index is 1.96. The van der Waals surface area contributed by atoms with Gasteiger partial charge in [-0.15, -0.1) is 0 Å². The summed E-state index contributed by atoms with van der Waals surface area (Å²) in [4.78, 5) is 21.9. The Morgan fingerprint density at radius 1 is 1.08 bits per heavy atom. The van der Waals surface area contributed by atoms with E-state index in [-0.39, 0.29) is 16.9 Å². The Morgan fingerprint density at radius 2 is 1.65 bits per heavy atom. The molecule has 7 nitrogen and oxygen atoms in total. The Kier molecular flexibility index (Phi) is 4.44. The van der Waals surface area contributed by atoms with Crippen LogP contribution in [-0.4, -0.2) is 39.2 Å². The third kappa shape index (κ3) is 3.99. The van der Waals surface area contributed by atoms with Gasteiger partial charge in [0.2, 0.25) is 0 Å². The molecule has 0 saturated carbocycles. The van der Waals surface area contributed by atoms with Crippen LogP contribution in [0.25, 0.3) is 11.4 Å². The molecule has 1 saturated heterocycles. The van der Waals surface area contributed by atoms with E-state index in [1.54, 1.807) is 12.1 Å². The number of nitro groups is 1. The van der Waals surface area contributed by atoms with Crippen LogP contribution in [-0.2, 0) is 4.74 Å². The van der Waals surface area contributed by atoms with Crippen molar-refractivity contribution < 1.29 is 9.66 Å². The lowest BCUT2D eigenvalue weighted by Crippen LogP contribution is -2.57. The molecule has 138 valence electrons. The van der Waals surface area contributed by atoms with Gasteiger partial charge in [-0.3, -0.25) is 10.1 Å². The van der Waals surface area contributed by atoms with E-state index in [2.05, 4.69) is 37.6 Å². The molecule has 1 aliphatic heterocycles. The van der Waals surface area contributed by atoms with E-state index >= 15 is 0 Å². The monoisotopic (exact) mass is 356 g/mol. The molecule has 0 N–H and O–H groups in total. The highest BCUT2D eigenvalue weighted by Crippen LogP contribution is 2.31. The number of non-ortho nitro benzene ring substituents is 1. The first kappa shape index (κ1) is 18.3. The lowest BCUT2D eigenvalue weighted by atomic mass is 9.99. The number of nitro benzene ring substituents is 1. The average molecular weight is 356 g/mol. The van der Waals surface area contributed by atoms with E-state index < -0.39 is 4.92 Å². The molecule has 1 fully saturated rings. The molecule has 0 bridgehead atoms. The van der Waals surface area contributed by atoms with Crippen molar-refractivity contribution in [3.8, 4) is 11.4 Å². The van der Waals surface area contributed by atoms with Crippen molar-refractivity contribution in [2.24, 2.45) is 0 Å². The Labute approximate surface area is 153 Å². The number of aromatic nitrogens is 2. The second kappa shape index (κ2) is 6.32. The van der Waals surface area contributed by atoms with Gasteiger partial charge in [0, 0.05) is 42.5 Å². The Morgan fingerprint density at radius 3 is 2.19 bits per heavy atom. The topological polar surface area (TPSA) is 81.4 Å². The predicted molar refractivity (Wildman–Crippen MR) is 100 cm³/mol. The number of morpholine rings is 1. The molecule has 1 aromatic heterocycles. The van der Waals surface area contributed by atoms with Crippen molar-refractivity contribution in [1.29, 1.82) is 0 Å². The lowest BCUT2D eigenvalue weighted by Gasteiger charge is -2.47. The number of hydrogen-bond acceptors (Lipinski definition) is 6. The van der Waals surface area contributed by atoms with Crippen molar-refractivity contribution in [3.05, 3.63) is 46.1 Å². The minimum absolute atomic E-state index is 0.0540. The molecule has 0 unspecified atom stereocenters. The zero-order valence-electron chi connectivity index (χ0n) is 15.8. The van der Waals surface area contributed by atoms with E-state index in [0.717, 1.165) is 30.2 Å². The quantitative estimate of drug-likeness (QED) is 0.615. The fraction of sp³-hybridized carbons (Fsp3) is 0.474. The van der Waals surface area contributed by atoms with Crippen LogP contribution in [0.1, 0.15) is 33.4 Å². The number of hydrogen-bond donors (Lipinski definition) is 0. The van der Waals surface area contributed by atoms with Gasteiger partial charge in [-0.25, -0.2) is 9.97 Å². The number of ether oxygens (including phenoxy) is 1. The summed E-state index contributed by atoms with van der Waals surface area (Å²) in [5.74, 6) is 1.41. The number of aryl methyl sites for hydroxylation is 1. The van der Waals surface area contributed by atoms with Gasteiger partial charge < -0.3 is 9.64 Å². The molecule has 1 aliphatic rings. The van der Waals surface area contributed by atoms with Gasteiger partial charge in [0.15, 0.2) is 5.82 Å². The summed E-state index contributed by atoms with van der Waals surface area (Å²) in [5.41, 5.74) is 1.10. The zero-order chi connectivity index (χ0) is 19.1. The molecule has 7 heteroatoms. The highest BCUT2D eigenvalue weighted by molar-refractivity contribution is 5.60. The van der Waals surface area contributed by atoms with Gasteiger partial charge in [0.1, 0.15) is 5.82 Å². The van der Waals surface area contributed by atoms with Crippen LogP contribution in [0, 0.1) is 17.0 Å². The van der Waals surface area contributed by atoms with E-state index in [1.165, 1.54) is 12.1 Å². The van der Waals surface area contributed by atoms with Crippen LogP contribution >= 0.6 is 0 Å². The number of rotatable bonds is 3. The van der Waals surface area contributed by atoms with Gasteiger partial charge in [-0.2, -0.15) is 0 Å². The summed E-state index contributed by atoms with van der Waals surface area (Å²) in [7, 11) is 0. The largest absolute Gasteiger partial charge is 0.366 e. The van der Waals surface area contributed by atoms with E-state index in [4.69, 9.17) is 9.72 Å². The van der Waals surface area contributed by atoms with Crippen molar-refractivity contribution in [3.63, 3.8) is 0 Å². The molecule has 0 spiro atoms. The molecule has 2 aromatic rings. The SMILES string of the molecule is Cc1cc(N2CC(C)(C)OC(C)(C)C2)nc(-c2ccc([N+](=O)[O-])cc2)n1. The van der Waals surface area contributed by atoms with E-state index in [0.29, 0.717) is 5.82 Å². The summed E-state index contributed by atoms with van der Waals surface area (Å²) in [6.07, 6.45) is 0. The standard InChI is InChI=1S/C19H24N4O3/c1-13-10-16(22-11-18(2,3)26-19(4,5)12-22)21-17(20-13)14-6-8-15(9-7-14)23(24)25/h6-10H,11-12H2,1-5H3. The summed E-state index contributed by atoms with van der Waals surface area (Å²) in [5, 5.41) is 10.8. The molecule has 0 radical (unpaired) electrons. The highest BCUT2D eigenvalue weighted by atomic mass is 16.6. The van der Waals surface area contributed by atoms with Crippen LogP contribution in [0.15, 0.2) is 30.3 Å². The molecule has 1 aromatic carbocycles. The minimum Gasteiger partial charge on any atom is -0.366 e. The maximum Gasteiger partial charge on any atom is 0.269 e. The van der Waals surface area contributed by atoms with Crippen molar-refractivity contribution in [1.82, 2.24) is 9.97 Å². The smallest absolute Gasteiger partial charge is 0.269 e. The van der Waals surface area contributed by atoms with Crippen LogP contribution in [0.4, 0.5) is 11.5 Å². The first-order chi connectivity index (χ1) is 12.0. The molecule has 0 amide bonds. The molecule has 0 atom stereocenters. The lowest BCUT2D eigenvalue weighted by molar-refractivity contribution is -0.384. The first-order valence-corrected chi connectivity index (χ1v) is 8.60. The summed E-state index contributed by atoms with van der Waals surface area (Å²) >= 11 is 0. The highest BCUT2D eigenvalue weighted by Gasteiger charge is 2.38. The van der Waals surface area contributed by atoms with E-state index in [9.17, 15) is 10.1 Å². The van der Waals surface area contributed by atoms with Crippen LogP contribution in [0.5, 0.6) is 0 Å². The first-order valence-electron chi connectivity index (χ1n) is 8.60. The fourth-order valence-corrected chi connectivity index (χ4v) is 3.52. The molecule has 26 heavy (non-hydrogen) atoms.